The van der Waals surface area contributed by atoms with Crippen molar-refractivity contribution in [2.24, 2.45) is 0 Å². The minimum atomic E-state index is 0.973. The van der Waals surface area contributed by atoms with Crippen molar-refractivity contribution in [1.29, 1.82) is 0 Å². The fourth-order valence-electron chi connectivity index (χ4n) is 1.86. The molecular weight excluding hydrogens is 174 g/mol. The van der Waals surface area contributed by atoms with Crippen molar-refractivity contribution in [2.75, 3.05) is 11.9 Å². The van der Waals surface area contributed by atoms with Crippen molar-refractivity contribution in [3.63, 3.8) is 0 Å². The van der Waals surface area contributed by atoms with E-state index in [2.05, 4.69) is 21.4 Å². The number of pyridine rings is 2. The average Bonchev–Trinajstić information content (AvgIpc) is 2.26. The van der Waals surface area contributed by atoms with Gasteiger partial charge < -0.3 is 5.32 Å². The summed E-state index contributed by atoms with van der Waals surface area (Å²) >= 11 is 0. The third-order valence-corrected chi connectivity index (χ3v) is 2.57. The largest absolute Gasteiger partial charge is 0.383 e. The Bertz CT molecular complexity index is 434. The second kappa shape index (κ2) is 2.94. The molecule has 0 fully saturated rings. The van der Waals surface area contributed by atoms with Gasteiger partial charge in [0.15, 0.2) is 0 Å². The summed E-state index contributed by atoms with van der Waals surface area (Å²) in [7, 11) is 0. The fraction of sp³-hybridized carbons (Fsp3) is 0.273. The van der Waals surface area contributed by atoms with Crippen LogP contribution in [-0.2, 0) is 6.42 Å². The van der Waals surface area contributed by atoms with Crippen LogP contribution in [-0.4, -0.2) is 16.5 Å². The standard InChI is InChI=1S/C11H11N3/c1-3-8-10(12-5-1)7-11-9(14-8)4-2-6-13-11/h1,3,5,7,13H,2,4,6H2. The van der Waals surface area contributed by atoms with E-state index in [0.29, 0.717) is 0 Å². The lowest BCUT2D eigenvalue weighted by Gasteiger charge is -2.16. The Hall–Kier alpha value is -1.64. The van der Waals surface area contributed by atoms with E-state index in [-0.39, 0.29) is 0 Å². The first-order chi connectivity index (χ1) is 6.93. The van der Waals surface area contributed by atoms with Crippen LogP contribution in [0.2, 0.25) is 0 Å². The molecule has 0 atom stereocenters. The number of rotatable bonds is 0. The molecule has 0 spiro atoms. The van der Waals surface area contributed by atoms with Gasteiger partial charge in [0.1, 0.15) is 0 Å². The normalized spacial score (nSPS) is 14.9. The summed E-state index contributed by atoms with van der Waals surface area (Å²) < 4.78 is 0. The first-order valence-corrected chi connectivity index (χ1v) is 4.92. The summed E-state index contributed by atoms with van der Waals surface area (Å²) in [6, 6.07) is 6.03. The smallest absolute Gasteiger partial charge is 0.0907 e. The fourth-order valence-corrected chi connectivity index (χ4v) is 1.86. The number of anilines is 1. The molecule has 0 amide bonds. The summed E-state index contributed by atoms with van der Waals surface area (Å²) in [4.78, 5) is 8.88. The van der Waals surface area contributed by atoms with Crippen molar-refractivity contribution in [2.45, 2.75) is 12.8 Å². The molecule has 3 nitrogen and oxygen atoms in total. The monoisotopic (exact) mass is 185 g/mol. The molecule has 2 aromatic rings. The Labute approximate surface area is 82.2 Å². The van der Waals surface area contributed by atoms with Gasteiger partial charge in [-0.15, -0.1) is 0 Å². The van der Waals surface area contributed by atoms with Crippen molar-refractivity contribution in [3.05, 3.63) is 30.1 Å². The van der Waals surface area contributed by atoms with E-state index >= 15 is 0 Å². The number of hydrogen-bond acceptors (Lipinski definition) is 3. The lowest BCUT2D eigenvalue weighted by atomic mass is 10.1. The highest BCUT2D eigenvalue weighted by atomic mass is 14.9. The van der Waals surface area contributed by atoms with Crippen molar-refractivity contribution in [1.82, 2.24) is 9.97 Å². The van der Waals surface area contributed by atoms with E-state index in [0.717, 1.165) is 29.7 Å². The van der Waals surface area contributed by atoms with Gasteiger partial charge in [0.25, 0.3) is 0 Å². The number of nitrogens with one attached hydrogen (secondary N) is 1. The Balaban J connectivity index is 2.27. The van der Waals surface area contributed by atoms with Gasteiger partial charge in [-0.25, -0.2) is 4.98 Å². The van der Waals surface area contributed by atoms with Gasteiger partial charge >= 0.3 is 0 Å². The van der Waals surface area contributed by atoms with Crippen LogP contribution in [0.25, 0.3) is 11.0 Å². The van der Waals surface area contributed by atoms with Crippen molar-refractivity contribution < 1.29 is 0 Å². The molecular formula is C11H11N3. The predicted molar refractivity (Wildman–Crippen MR) is 56.3 cm³/mol. The average molecular weight is 185 g/mol. The Morgan fingerprint density at radius 2 is 2.29 bits per heavy atom. The molecule has 0 aliphatic carbocycles. The summed E-state index contributed by atoms with van der Waals surface area (Å²) in [6.07, 6.45) is 4.05. The predicted octanol–water partition coefficient (Wildman–Crippen LogP) is 1.99. The summed E-state index contributed by atoms with van der Waals surface area (Å²) in [5, 5.41) is 3.35. The number of hydrogen-bond donors (Lipinski definition) is 1. The highest BCUT2D eigenvalue weighted by Gasteiger charge is 2.10. The number of aryl methyl sites for hydroxylation is 1. The maximum absolute atomic E-state index is 4.59. The summed E-state index contributed by atoms with van der Waals surface area (Å²) in [5.74, 6) is 0. The first kappa shape index (κ1) is 7.74. The van der Waals surface area contributed by atoms with Gasteiger partial charge in [0.05, 0.1) is 22.4 Å². The molecule has 0 unspecified atom stereocenters. The first-order valence-electron chi connectivity index (χ1n) is 4.92. The van der Waals surface area contributed by atoms with Crippen LogP contribution in [0.3, 0.4) is 0 Å². The molecule has 1 aliphatic rings. The molecule has 1 N–H and O–H groups in total. The number of fused-ring (bicyclic) bond motifs is 2. The second-order valence-electron chi connectivity index (χ2n) is 3.55. The molecule has 0 bridgehead atoms. The zero-order valence-corrected chi connectivity index (χ0v) is 7.83. The lowest BCUT2D eigenvalue weighted by molar-refractivity contribution is 0.806. The maximum Gasteiger partial charge on any atom is 0.0907 e. The zero-order chi connectivity index (χ0) is 9.38. The highest BCUT2D eigenvalue weighted by Crippen LogP contribution is 2.23. The third kappa shape index (κ3) is 1.13. The van der Waals surface area contributed by atoms with Crippen LogP contribution >= 0.6 is 0 Å². The van der Waals surface area contributed by atoms with Crippen LogP contribution in [0.15, 0.2) is 24.4 Å². The van der Waals surface area contributed by atoms with Gasteiger partial charge in [0.2, 0.25) is 0 Å². The van der Waals surface area contributed by atoms with Gasteiger partial charge in [-0.3, -0.25) is 4.98 Å². The lowest BCUT2D eigenvalue weighted by Crippen LogP contribution is -2.13. The molecule has 0 saturated carbocycles. The SMILES string of the molecule is c1cnc2cc3c(nc2c1)CCCN3. The minimum absolute atomic E-state index is 0.973. The van der Waals surface area contributed by atoms with Crippen LogP contribution in [0.4, 0.5) is 5.69 Å². The third-order valence-electron chi connectivity index (χ3n) is 2.57. The molecule has 14 heavy (non-hydrogen) atoms. The quantitative estimate of drug-likeness (QED) is 0.682. The van der Waals surface area contributed by atoms with E-state index in [9.17, 15) is 0 Å². The Morgan fingerprint density at radius 3 is 3.29 bits per heavy atom. The van der Waals surface area contributed by atoms with Gasteiger partial charge in [-0.05, 0) is 31.0 Å². The number of aromatic nitrogens is 2. The molecule has 0 saturated heterocycles. The summed E-state index contributed by atoms with van der Waals surface area (Å²) in [6.45, 7) is 1.05. The van der Waals surface area contributed by atoms with E-state index in [4.69, 9.17) is 0 Å². The van der Waals surface area contributed by atoms with E-state index in [1.165, 1.54) is 12.1 Å². The molecule has 70 valence electrons. The van der Waals surface area contributed by atoms with Gasteiger partial charge in [-0.1, -0.05) is 0 Å². The van der Waals surface area contributed by atoms with Crippen molar-refractivity contribution >= 4 is 16.7 Å². The molecule has 3 heterocycles. The zero-order valence-electron chi connectivity index (χ0n) is 7.83. The second-order valence-corrected chi connectivity index (χ2v) is 3.55. The highest BCUT2D eigenvalue weighted by molar-refractivity contribution is 5.78. The van der Waals surface area contributed by atoms with Gasteiger partial charge in [0, 0.05) is 12.7 Å². The molecule has 3 rings (SSSR count). The summed E-state index contributed by atoms with van der Waals surface area (Å²) in [5.41, 5.74) is 4.30. The Kier molecular flexibility index (Phi) is 1.63. The minimum Gasteiger partial charge on any atom is -0.383 e. The molecule has 3 heteroatoms. The van der Waals surface area contributed by atoms with Gasteiger partial charge in [-0.2, -0.15) is 0 Å². The van der Waals surface area contributed by atoms with E-state index < -0.39 is 0 Å². The topological polar surface area (TPSA) is 37.8 Å². The van der Waals surface area contributed by atoms with Crippen LogP contribution < -0.4 is 5.32 Å². The molecule has 0 radical (unpaired) electrons. The van der Waals surface area contributed by atoms with Crippen molar-refractivity contribution in [3.8, 4) is 0 Å². The number of nitrogens with zero attached hydrogens (tertiary/aromatic N) is 2. The van der Waals surface area contributed by atoms with Crippen LogP contribution in [0.5, 0.6) is 0 Å². The van der Waals surface area contributed by atoms with E-state index in [1.54, 1.807) is 6.20 Å². The van der Waals surface area contributed by atoms with Crippen LogP contribution in [0, 0.1) is 0 Å². The molecule has 0 aromatic carbocycles. The van der Waals surface area contributed by atoms with E-state index in [1.807, 2.05) is 12.1 Å². The molecule has 2 aromatic heterocycles. The molecule has 1 aliphatic heterocycles. The Morgan fingerprint density at radius 1 is 1.29 bits per heavy atom. The van der Waals surface area contributed by atoms with Crippen LogP contribution in [0.1, 0.15) is 12.1 Å². The maximum atomic E-state index is 4.59.